The maximum absolute atomic E-state index is 13.2. The SMILES string of the molecule is CCn1cc(-c2[nH]ncc2C(=O)N2CCN(c3ccncc3)CC2C)cn1.O=C(O)C(F)(F)F. The van der Waals surface area contributed by atoms with Crippen molar-refractivity contribution in [2.45, 2.75) is 32.6 Å². The molecular formula is C21H24F3N7O3. The molecule has 13 heteroatoms. The normalized spacial score (nSPS) is 16.1. The van der Waals surface area contributed by atoms with Gasteiger partial charge >= 0.3 is 12.1 Å². The fourth-order valence-electron chi connectivity index (χ4n) is 3.54. The van der Waals surface area contributed by atoms with Gasteiger partial charge in [0.2, 0.25) is 0 Å². The van der Waals surface area contributed by atoms with Gasteiger partial charge in [0.15, 0.2) is 0 Å². The standard InChI is InChI=1S/C19H23N7O.C2HF3O2/c1-3-25-13-15(10-22-25)18-17(11-21-23-18)19(27)26-9-8-24(12-14(26)2)16-4-6-20-7-5-16;3-2(4,5)1(6)7/h4-7,10-11,13-14H,3,8-9,12H2,1-2H3,(H,21,23);(H,6,7). The van der Waals surface area contributed by atoms with Gasteiger partial charge in [-0.2, -0.15) is 23.4 Å². The number of carbonyl (C=O) groups is 2. The van der Waals surface area contributed by atoms with Gasteiger partial charge < -0.3 is 14.9 Å². The highest BCUT2D eigenvalue weighted by molar-refractivity contribution is 6.00. The number of nitrogens with zero attached hydrogens (tertiary/aromatic N) is 6. The number of amides is 1. The Hall–Kier alpha value is -3.90. The highest BCUT2D eigenvalue weighted by Gasteiger charge is 2.38. The second kappa shape index (κ2) is 10.4. The third-order valence-corrected chi connectivity index (χ3v) is 5.27. The molecule has 2 N–H and O–H groups in total. The molecule has 1 amide bonds. The second-order valence-electron chi connectivity index (χ2n) is 7.55. The first-order chi connectivity index (χ1) is 16.1. The van der Waals surface area contributed by atoms with Crippen LogP contribution in [0, 0.1) is 0 Å². The molecule has 1 aliphatic heterocycles. The molecule has 1 atom stereocenters. The van der Waals surface area contributed by atoms with Crippen LogP contribution in [0.1, 0.15) is 24.2 Å². The molecule has 1 unspecified atom stereocenters. The van der Waals surface area contributed by atoms with Gasteiger partial charge in [-0.15, -0.1) is 0 Å². The van der Waals surface area contributed by atoms with Crippen molar-refractivity contribution in [3.8, 4) is 11.3 Å². The molecule has 0 spiro atoms. The number of carbonyl (C=O) groups excluding carboxylic acids is 1. The molecule has 1 aliphatic rings. The lowest BCUT2D eigenvalue weighted by Gasteiger charge is -2.41. The van der Waals surface area contributed by atoms with Gasteiger partial charge in [0.1, 0.15) is 0 Å². The van der Waals surface area contributed by atoms with Crippen molar-refractivity contribution in [2.24, 2.45) is 0 Å². The van der Waals surface area contributed by atoms with E-state index in [2.05, 4.69) is 32.1 Å². The minimum absolute atomic E-state index is 0.00452. The number of aromatic nitrogens is 5. The Balaban J connectivity index is 0.000000406. The number of rotatable bonds is 4. The summed E-state index contributed by atoms with van der Waals surface area (Å²) in [6, 6.07) is 4.11. The maximum Gasteiger partial charge on any atom is 0.490 e. The first-order valence-corrected chi connectivity index (χ1v) is 10.4. The van der Waals surface area contributed by atoms with Gasteiger partial charge in [-0.1, -0.05) is 0 Å². The molecule has 1 saturated heterocycles. The molecule has 3 aromatic heterocycles. The number of halogens is 3. The van der Waals surface area contributed by atoms with Crippen LogP contribution in [-0.4, -0.2) is 78.7 Å². The summed E-state index contributed by atoms with van der Waals surface area (Å²) in [6.07, 6.45) is 3.81. The molecule has 0 aromatic carbocycles. The Morgan fingerprint density at radius 2 is 1.88 bits per heavy atom. The zero-order chi connectivity index (χ0) is 24.9. The number of hydrogen-bond acceptors (Lipinski definition) is 6. The Morgan fingerprint density at radius 3 is 2.44 bits per heavy atom. The van der Waals surface area contributed by atoms with E-state index in [1.165, 1.54) is 0 Å². The van der Waals surface area contributed by atoms with Crippen molar-refractivity contribution >= 4 is 17.6 Å². The summed E-state index contributed by atoms with van der Waals surface area (Å²) >= 11 is 0. The first-order valence-electron chi connectivity index (χ1n) is 10.4. The Kier molecular flexibility index (Phi) is 7.54. The molecule has 1 fully saturated rings. The van der Waals surface area contributed by atoms with E-state index in [9.17, 15) is 18.0 Å². The smallest absolute Gasteiger partial charge is 0.475 e. The minimum Gasteiger partial charge on any atom is -0.475 e. The van der Waals surface area contributed by atoms with Gasteiger partial charge in [0.05, 0.1) is 23.7 Å². The van der Waals surface area contributed by atoms with E-state index in [4.69, 9.17) is 9.90 Å². The van der Waals surface area contributed by atoms with E-state index in [0.717, 1.165) is 36.6 Å². The van der Waals surface area contributed by atoms with Crippen LogP contribution >= 0.6 is 0 Å². The Morgan fingerprint density at radius 1 is 1.21 bits per heavy atom. The number of piperazine rings is 1. The van der Waals surface area contributed by atoms with Crippen molar-refractivity contribution in [1.29, 1.82) is 0 Å². The number of carboxylic acids is 1. The lowest BCUT2D eigenvalue weighted by molar-refractivity contribution is -0.192. The van der Waals surface area contributed by atoms with E-state index in [1.54, 1.807) is 24.8 Å². The lowest BCUT2D eigenvalue weighted by Crippen LogP contribution is -2.54. The highest BCUT2D eigenvalue weighted by Crippen LogP contribution is 2.25. The molecule has 4 heterocycles. The van der Waals surface area contributed by atoms with Crippen LogP contribution in [0.15, 0.2) is 43.1 Å². The van der Waals surface area contributed by atoms with E-state index in [0.29, 0.717) is 12.1 Å². The van der Waals surface area contributed by atoms with Crippen LogP contribution in [0.2, 0.25) is 0 Å². The van der Waals surface area contributed by atoms with Gasteiger partial charge in [0.25, 0.3) is 5.91 Å². The number of hydrogen-bond donors (Lipinski definition) is 2. The number of nitrogens with one attached hydrogen (secondary N) is 1. The van der Waals surface area contributed by atoms with Crippen molar-refractivity contribution in [2.75, 3.05) is 24.5 Å². The van der Waals surface area contributed by atoms with Crippen molar-refractivity contribution < 1.29 is 27.9 Å². The number of aromatic amines is 1. The molecule has 0 bridgehead atoms. The lowest BCUT2D eigenvalue weighted by atomic mass is 10.1. The average molecular weight is 479 g/mol. The molecule has 182 valence electrons. The third kappa shape index (κ3) is 5.71. The van der Waals surface area contributed by atoms with Gasteiger partial charge in [-0.3, -0.25) is 19.6 Å². The predicted molar refractivity (Wildman–Crippen MR) is 116 cm³/mol. The first kappa shape index (κ1) is 24.7. The fraction of sp³-hybridized carbons (Fsp3) is 0.381. The quantitative estimate of drug-likeness (QED) is 0.590. The van der Waals surface area contributed by atoms with Crippen LogP contribution in [0.25, 0.3) is 11.3 Å². The zero-order valence-electron chi connectivity index (χ0n) is 18.5. The summed E-state index contributed by atoms with van der Waals surface area (Å²) < 4.78 is 33.6. The van der Waals surface area contributed by atoms with E-state index in [1.807, 2.05) is 34.8 Å². The predicted octanol–water partition coefficient (Wildman–Crippen LogP) is 2.67. The van der Waals surface area contributed by atoms with Crippen LogP contribution in [0.3, 0.4) is 0 Å². The molecule has 3 aromatic rings. The van der Waals surface area contributed by atoms with Crippen molar-refractivity contribution in [3.63, 3.8) is 0 Å². The average Bonchev–Trinajstić information content (AvgIpc) is 3.48. The zero-order valence-corrected chi connectivity index (χ0v) is 18.5. The van der Waals surface area contributed by atoms with Gasteiger partial charge in [0, 0.05) is 62.1 Å². The minimum atomic E-state index is -5.08. The molecule has 4 rings (SSSR count). The number of aliphatic carboxylic acids is 1. The van der Waals surface area contributed by atoms with Crippen LogP contribution < -0.4 is 4.90 Å². The molecule has 0 aliphatic carbocycles. The van der Waals surface area contributed by atoms with Crippen molar-refractivity contribution in [3.05, 3.63) is 48.7 Å². The summed E-state index contributed by atoms with van der Waals surface area (Å²) in [7, 11) is 0. The maximum atomic E-state index is 13.2. The number of anilines is 1. The molecule has 10 nitrogen and oxygen atoms in total. The van der Waals surface area contributed by atoms with Crippen LogP contribution in [-0.2, 0) is 11.3 Å². The Labute approximate surface area is 193 Å². The highest BCUT2D eigenvalue weighted by atomic mass is 19.4. The van der Waals surface area contributed by atoms with Crippen LogP contribution in [0.4, 0.5) is 18.9 Å². The molecule has 0 saturated carbocycles. The van der Waals surface area contributed by atoms with E-state index >= 15 is 0 Å². The summed E-state index contributed by atoms with van der Waals surface area (Å²) in [6.45, 7) is 7.14. The number of H-pyrrole nitrogens is 1. The Bertz CT molecular complexity index is 1110. The summed E-state index contributed by atoms with van der Waals surface area (Å²) in [5.41, 5.74) is 3.33. The molecular weight excluding hydrogens is 455 g/mol. The summed E-state index contributed by atoms with van der Waals surface area (Å²) in [5, 5.41) is 18.5. The number of pyridine rings is 1. The number of aryl methyl sites for hydroxylation is 1. The van der Waals surface area contributed by atoms with Crippen LogP contribution in [0.5, 0.6) is 0 Å². The summed E-state index contributed by atoms with van der Waals surface area (Å²) in [5.74, 6) is -2.75. The molecule has 0 radical (unpaired) electrons. The second-order valence-corrected chi connectivity index (χ2v) is 7.55. The monoisotopic (exact) mass is 479 g/mol. The van der Waals surface area contributed by atoms with Crippen molar-refractivity contribution in [1.82, 2.24) is 29.9 Å². The topological polar surface area (TPSA) is 120 Å². The fourth-order valence-corrected chi connectivity index (χ4v) is 3.54. The number of carboxylic acid groups (broad SMARTS) is 1. The van der Waals surface area contributed by atoms with E-state index < -0.39 is 12.1 Å². The van der Waals surface area contributed by atoms with Gasteiger partial charge in [-0.05, 0) is 26.0 Å². The largest absolute Gasteiger partial charge is 0.490 e. The van der Waals surface area contributed by atoms with E-state index in [-0.39, 0.29) is 11.9 Å². The third-order valence-electron chi connectivity index (χ3n) is 5.27. The van der Waals surface area contributed by atoms with Gasteiger partial charge in [-0.25, -0.2) is 4.79 Å². The number of alkyl halides is 3. The molecule has 34 heavy (non-hydrogen) atoms. The summed E-state index contributed by atoms with van der Waals surface area (Å²) in [4.78, 5) is 30.4.